The summed E-state index contributed by atoms with van der Waals surface area (Å²) in [6, 6.07) is 17.7. The van der Waals surface area contributed by atoms with E-state index in [0.29, 0.717) is 29.8 Å². The first kappa shape index (κ1) is 22.9. The molecule has 0 N–H and O–H groups in total. The van der Waals surface area contributed by atoms with Crippen molar-refractivity contribution in [3.8, 4) is 5.75 Å². The number of thioether (sulfide) groups is 1. The van der Waals surface area contributed by atoms with Crippen molar-refractivity contribution in [2.45, 2.75) is 64.6 Å². The van der Waals surface area contributed by atoms with Crippen molar-refractivity contribution >= 4 is 16.9 Å². The second-order valence-electron chi connectivity index (χ2n) is 8.23. The lowest BCUT2D eigenvalue weighted by Crippen LogP contribution is -2.27. The molecule has 2 aromatic carbocycles. The summed E-state index contributed by atoms with van der Waals surface area (Å²) in [6.45, 7) is 5.14. The second-order valence-corrected chi connectivity index (χ2v) is 9.22. The first-order valence-corrected chi connectivity index (χ1v) is 12.2. The van der Waals surface area contributed by atoms with E-state index in [1.807, 2.05) is 42.5 Å². The molecule has 0 heterocycles. The minimum atomic E-state index is -0.431. The van der Waals surface area contributed by atoms with E-state index in [-0.39, 0.29) is 5.12 Å². The van der Waals surface area contributed by atoms with Gasteiger partial charge in [0.15, 0.2) is 0 Å². The third-order valence-corrected chi connectivity index (χ3v) is 6.87. The number of hydrogen-bond acceptors (Lipinski definition) is 4. The van der Waals surface area contributed by atoms with Crippen molar-refractivity contribution in [2.24, 2.45) is 5.92 Å². The molecular weight excluding hydrogens is 392 g/mol. The van der Waals surface area contributed by atoms with Crippen LogP contribution in [0.15, 0.2) is 54.6 Å². The van der Waals surface area contributed by atoms with Gasteiger partial charge in [0, 0.05) is 5.56 Å². The Morgan fingerprint density at radius 2 is 1.73 bits per heavy atom. The van der Waals surface area contributed by atoms with Crippen LogP contribution in [0.4, 0.5) is 0 Å². The molecule has 3 nitrogen and oxygen atoms in total. The number of benzene rings is 2. The minimum Gasteiger partial charge on any atom is -0.464 e. The summed E-state index contributed by atoms with van der Waals surface area (Å²) in [5, 5.41) is 0.0533. The fraction of sp³-hybridized carbons (Fsp3) is 0.500. The van der Waals surface area contributed by atoms with E-state index in [1.54, 1.807) is 0 Å². The van der Waals surface area contributed by atoms with Crippen molar-refractivity contribution in [3.05, 3.63) is 65.7 Å². The zero-order valence-electron chi connectivity index (χ0n) is 18.2. The molecule has 1 aliphatic carbocycles. The third-order valence-electron chi connectivity index (χ3n) is 5.93. The zero-order chi connectivity index (χ0) is 21.2. The van der Waals surface area contributed by atoms with Crippen LogP contribution in [0, 0.1) is 5.92 Å². The Bertz CT molecular complexity index is 754. The molecule has 1 fully saturated rings. The number of carbonyl (C=O) groups is 1. The Hall–Kier alpha value is -1.78. The van der Waals surface area contributed by atoms with E-state index < -0.39 is 6.29 Å². The zero-order valence-corrected chi connectivity index (χ0v) is 19.0. The van der Waals surface area contributed by atoms with E-state index in [1.165, 1.54) is 49.4 Å². The van der Waals surface area contributed by atoms with E-state index in [2.05, 4.69) is 26.0 Å². The highest BCUT2D eigenvalue weighted by Gasteiger charge is 2.20. The molecule has 3 rings (SSSR count). The molecule has 162 valence electrons. The molecule has 1 aliphatic rings. The van der Waals surface area contributed by atoms with Gasteiger partial charge >= 0.3 is 0 Å². The smallest absolute Gasteiger partial charge is 0.219 e. The Morgan fingerprint density at radius 1 is 1.03 bits per heavy atom. The molecular formula is C26H34O3S. The SMILES string of the molecule is CCC(C)c1ccc(OC(CSC(=O)c2ccccc2)OCC2CCCCC2)cc1. The van der Waals surface area contributed by atoms with Gasteiger partial charge in [0.05, 0.1) is 12.4 Å². The Labute approximate surface area is 185 Å². The van der Waals surface area contributed by atoms with Gasteiger partial charge < -0.3 is 9.47 Å². The predicted molar refractivity (Wildman–Crippen MR) is 125 cm³/mol. The van der Waals surface area contributed by atoms with Gasteiger partial charge in [0.2, 0.25) is 11.4 Å². The Balaban J connectivity index is 1.59. The summed E-state index contributed by atoms with van der Waals surface area (Å²) >= 11 is 1.27. The predicted octanol–water partition coefficient (Wildman–Crippen LogP) is 7.08. The van der Waals surface area contributed by atoms with Gasteiger partial charge in [-0.15, -0.1) is 0 Å². The molecule has 0 bridgehead atoms. The molecule has 0 spiro atoms. The maximum absolute atomic E-state index is 12.5. The topological polar surface area (TPSA) is 35.5 Å². The third kappa shape index (κ3) is 7.17. The van der Waals surface area contributed by atoms with Crippen LogP contribution in [-0.4, -0.2) is 23.8 Å². The maximum atomic E-state index is 12.5. The summed E-state index contributed by atoms with van der Waals surface area (Å²) in [5.41, 5.74) is 2.03. The average molecular weight is 427 g/mol. The van der Waals surface area contributed by atoms with Crippen LogP contribution in [0.5, 0.6) is 5.75 Å². The lowest BCUT2D eigenvalue weighted by Gasteiger charge is -2.25. The van der Waals surface area contributed by atoms with Crippen LogP contribution in [0.2, 0.25) is 0 Å². The minimum absolute atomic E-state index is 0.0533. The summed E-state index contributed by atoms with van der Waals surface area (Å²) in [7, 11) is 0. The molecule has 0 amide bonds. The number of rotatable bonds is 10. The van der Waals surface area contributed by atoms with Gasteiger partial charge in [0.1, 0.15) is 5.75 Å². The largest absolute Gasteiger partial charge is 0.464 e. The average Bonchev–Trinajstić information content (AvgIpc) is 2.81. The van der Waals surface area contributed by atoms with Crippen LogP contribution in [0.25, 0.3) is 0 Å². The molecule has 0 radical (unpaired) electrons. The lowest BCUT2D eigenvalue weighted by molar-refractivity contribution is -0.0788. The summed E-state index contributed by atoms with van der Waals surface area (Å²) in [4.78, 5) is 12.5. The van der Waals surface area contributed by atoms with Gasteiger partial charge in [-0.25, -0.2) is 0 Å². The van der Waals surface area contributed by atoms with E-state index in [4.69, 9.17) is 9.47 Å². The summed E-state index contributed by atoms with van der Waals surface area (Å²) in [5.74, 6) is 2.42. The maximum Gasteiger partial charge on any atom is 0.219 e. The first-order valence-electron chi connectivity index (χ1n) is 11.3. The molecule has 0 aromatic heterocycles. The van der Waals surface area contributed by atoms with Gasteiger partial charge in [0.25, 0.3) is 0 Å². The van der Waals surface area contributed by atoms with Crippen LogP contribution in [0.1, 0.15) is 74.2 Å². The number of carbonyl (C=O) groups excluding carboxylic acids is 1. The lowest BCUT2D eigenvalue weighted by atomic mass is 9.90. The van der Waals surface area contributed by atoms with Crippen LogP contribution >= 0.6 is 11.8 Å². The van der Waals surface area contributed by atoms with Gasteiger partial charge in [-0.3, -0.25) is 4.79 Å². The Kier molecular flexibility index (Phi) is 9.28. The summed E-state index contributed by atoms with van der Waals surface area (Å²) < 4.78 is 12.3. The van der Waals surface area contributed by atoms with E-state index in [0.717, 1.165) is 12.2 Å². The molecule has 0 saturated heterocycles. The van der Waals surface area contributed by atoms with E-state index >= 15 is 0 Å². The first-order chi connectivity index (χ1) is 14.7. The molecule has 2 aromatic rings. The van der Waals surface area contributed by atoms with Crippen molar-refractivity contribution in [3.63, 3.8) is 0 Å². The van der Waals surface area contributed by atoms with Crippen molar-refractivity contribution < 1.29 is 14.3 Å². The van der Waals surface area contributed by atoms with Gasteiger partial charge in [-0.2, -0.15) is 0 Å². The van der Waals surface area contributed by atoms with Crippen LogP contribution < -0.4 is 4.74 Å². The van der Waals surface area contributed by atoms with Crippen molar-refractivity contribution in [1.29, 1.82) is 0 Å². The van der Waals surface area contributed by atoms with Crippen LogP contribution in [0.3, 0.4) is 0 Å². The standard InChI is InChI=1S/C26H34O3S/c1-3-20(2)22-14-16-24(17-15-22)29-25(28-18-21-10-6-4-7-11-21)19-30-26(27)23-12-8-5-9-13-23/h5,8-9,12-17,20-21,25H,3-4,6-7,10-11,18-19H2,1-2H3. The van der Waals surface area contributed by atoms with Gasteiger partial charge in [-0.05, 0) is 48.8 Å². The highest BCUT2D eigenvalue weighted by Crippen LogP contribution is 2.26. The summed E-state index contributed by atoms with van der Waals surface area (Å²) in [6.07, 6.45) is 7.06. The fourth-order valence-corrected chi connectivity index (χ4v) is 4.53. The van der Waals surface area contributed by atoms with Crippen molar-refractivity contribution in [2.75, 3.05) is 12.4 Å². The highest BCUT2D eigenvalue weighted by molar-refractivity contribution is 8.14. The normalized spacial score (nSPS) is 16.7. The molecule has 30 heavy (non-hydrogen) atoms. The van der Waals surface area contributed by atoms with Crippen LogP contribution in [-0.2, 0) is 4.74 Å². The number of ether oxygens (including phenoxy) is 2. The van der Waals surface area contributed by atoms with E-state index in [9.17, 15) is 4.79 Å². The monoisotopic (exact) mass is 426 g/mol. The van der Waals surface area contributed by atoms with Gasteiger partial charge in [-0.1, -0.05) is 87.3 Å². The molecule has 2 atom stereocenters. The molecule has 2 unspecified atom stereocenters. The second kappa shape index (κ2) is 12.2. The highest BCUT2D eigenvalue weighted by atomic mass is 32.2. The Morgan fingerprint density at radius 3 is 2.40 bits per heavy atom. The number of hydrogen-bond donors (Lipinski definition) is 0. The fourth-order valence-electron chi connectivity index (χ4n) is 3.78. The molecule has 1 saturated carbocycles. The van der Waals surface area contributed by atoms with Crippen molar-refractivity contribution in [1.82, 2.24) is 0 Å². The molecule has 4 heteroatoms. The molecule has 0 aliphatic heterocycles. The quantitative estimate of drug-likeness (QED) is 0.380.